The van der Waals surface area contributed by atoms with Crippen LogP contribution in [0.15, 0.2) is 36.4 Å². The van der Waals surface area contributed by atoms with Gasteiger partial charge in [-0.15, -0.1) is 0 Å². The predicted octanol–water partition coefficient (Wildman–Crippen LogP) is 4.51. The smallest absolute Gasteiger partial charge is 0.162 e. The van der Waals surface area contributed by atoms with Crippen LogP contribution in [0.3, 0.4) is 0 Å². The summed E-state index contributed by atoms with van der Waals surface area (Å²) in [7, 11) is 0. The number of carbonyl (C=O) groups excluding carboxylic acids is 2. The van der Waals surface area contributed by atoms with Gasteiger partial charge in [0.05, 0.1) is 0 Å². The van der Waals surface area contributed by atoms with Gasteiger partial charge in [0.25, 0.3) is 0 Å². The number of aromatic amines is 1. The Bertz CT molecular complexity index is 788. The van der Waals surface area contributed by atoms with E-state index >= 15 is 0 Å². The third kappa shape index (κ3) is 2.25. The van der Waals surface area contributed by atoms with E-state index in [2.05, 4.69) is 4.98 Å². The van der Waals surface area contributed by atoms with Crippen molar-refractivity contribution in [2.45, 2.75) is 26.7 Å². The number of nitrogens with one attached hydrogen (secondary N) is 1. The van der Waals surface area contributed by atoms with Crippen molar-refractivity contribution in [1.29, 1.82) is 0 Å². The van der Waals surface area contributed by atoms with Gasteiger partial charge in [-0.2, -0.15) is 0 Å². The molecule has 1 N–H and O–H groups in total. The van der Waals surface area contributed by atoms with E-state index in [1.54, 1.807) is 0 Å². The summed E-state index contributed by atoms with van der Waals surface area (Å²) in [6, 6.07) is 11.4. The molecular formula is C18H17NO2. The molecular weight excluding hydrogens is 262 g/mol. The maximum atomic E-state index is 11.9. The molecule has 0 aliphatic carbocycles. The number of carbonyl (C=O) groups is 2. The van der Waals surface area contributed by atoms with Gasteiger partial charge in [0.2, 0.25) is 0 Å². The first kappa shape index (κ1) is 13.6. The SMILES string of the molecule is CCC(=O)c1ccc2[nH]c3ccc(C(=O)CC)cc3c2c1. The lowest BCUT2D eigenvalue weighted by Gasteiger charge is -2.00. The van der Waals surface area contributed by atoms with Gasteiger partial charge >= 0.3 is 0 Å². The lowest BCUT2D eigenvalue weighted by atomic mass is 10.0. The van der Waals surface area contributed by atoms with Crippen LogP contribution >= 0.6 is 0 Å². The van der Waals surface area contributed by atoms with Gasteiger partial charge in [-0.1, -0.05) is 13.8 Å². The Balaban J connectivity index is 2.25. The van der Waals surface area contributed by atoms with Crippen LogP contribution in [0.5, 0.6) is 0 Å². The molecule has 2 aromatic carbocycles. The first-order valence-electron chi connectivity index (χ1n) is 7.26. The highest BCUT2D eigenvalue weighted by molar-refractivity contribution is 6.12. The molecule has 0 unspecified atom stereocenters. The summed E-state index contributed by atoms with van der Waals surface area (Å²) in [5, 5.41) is 1.99. The van der Waals surface area contributed by atoms with E-state index < -0.39 is 0 Å². The molecule has 1 aromatic heterocycles. The Labute approximate surface area is 123 Å². The number of benzene rings is 2. The highest BCUT2D eigenvalue weighted by Crippen LogP contribution is 2.28. The molecule has 3 aromatic rings. The van der Waals surface area contributed by atoms with Crippen molar-refractivity contribution in [3.8, 4) is 0 Å². The zero-order valence-corrected chi connectivity index (χ0v) is 12.2. The number of ketones is 2. The van der Waals surface area contributed by atoms with Crippen molar-refractivity contribution in [3.05, 3.63) is 47.5 Å². The van der Waals surface area contributed by atoms with Gasteiger partial charge in [0.1, 0.15) is 0 Å². The molecule has 0 aliphatic rings. The predicted molar refractivity (Wildman–Crippen MR) is 85.0 cm³/mol. The molecule has 3 heteroatoms. The topological polar surface area (TPSA) is 49.9 Å². The van der Waals surface area contributed by atoms with Crippen molar-refractivity contribution < 1.29 is 9.59 Å². The van der Waals surface area contributed by atoms with Crippen molar-refractivity contribution in [2.24, 2.45) is 0 Å². The summed E-state index contributed by atoms with van der Waals surface area (Å²) < 4.78 is 0. The van der Waals surface area contributed by atoms with E-state index in [-0.39, 0.29) is 11.6 Å². The molecule has 0 saturated carbocycles. The molecule has 0 spiro atoms. The highest BCUT2D eigenvalue weighted by Gasteiger charge is 2.11. The minimum Gasteiger partial charge on any atom is -0.355 e. The van der Waals surface area contributed by atoms with Crippen molar-refractivity contribution >= 4 is 33.4 Å². The molecule has 0 bridgehead atoms. The molecule has 106 valence electrons. The lowest BCUT2D eigenvalue weighted by molar-refractivity contribution is 0.0980. The van der Waals surface area contributed by atoms with Crippen LogP contribution in [-0.2, 0) is 0 Å². The standard InChI is InChI=1S/C18H17NO2/c1-3-17(20)11-5-7-15-13(9-11)14-10-12(18(21)4-2)6-8-16(14)19-15/h5-10,19H,3-4H2,1-2H3. The Kier molecular flexibility index (Phi) is 3.34. The molecule has 1 heterocycles. The highest BCUT2D eigenvalue weighted by atomic mass is 16.1. The zero-order valence-electron chi connectivity index (χ0n) is 12.2. The van der Waals surface area contributed by atoms with Gasteiger partial charge in [0.15, 0.2) is 11.6 Å². The Morgan fingerprint density at radius 3 is 1.62 bits per heavy atom. The van der Waals surface area contributed by atoms with Gasteiger partial charge in [-0.3, -0.25) is 9.59 Å². The fraction of sp³-hybridized carbons (Fsp3) is 0.222. The normalized spacial score (nSPS) is 11.1. The van der Waals surface area contributed by atoms with Gasteiger partial charge in [-0.05, 0) is 36.4 Å². The van der Waals surface area contributed by atoms with Crippen LogP contribution in [-0.4, -0.2) is 16.6 Å². The van der Waals surface area contributed by atoms with Gasteiger partial charge in [-0.25, -0.2) is 0 Å². The minimum atomic E-state index is 0.132. The minimum absolute atomic E-state index is 0.132. The molecule has 0 radical (unpaired) electrons. The molecule has 3 nitrogen and oxygen atoms in total. The third-order valence-electron chi connectivity index (χ3n) is 3.88. The van der Waals surface area contributed by atoms with E-state index in [4.69, 9.17) is 0 Å². The van der Waals surface area contributed by atoms with Crippen LogP contribution in [0.1, 0.15) is 47.4 Å². The summed E-state index contributed by atoms with van der Waals surface area (Å²) in [6.45, 7) is 3.72. The monoisotopic (exact) mass is 279 g/mol. The van der Waals surface area contributed by atoms with Crippen LogP contribution in [0.25, 0.3) is 21.8 Å². The van der Waals surface area contributed by atoms with Crippen LogP contribution < -0.4 is 0 Å². The zero-order chi connectivity index (χ0) is 15.0. The second-order valence-corrected chi connectivity index (χ2v) is 5.20. The van der Waals surface area contributed by atoms with E-state index in [1.165, 1.54) is 0 Å². The van der Waals surface area contributed by atoms with Crippen molar-refractivity contribution in [2.75, 3.05) is 0 Å². The average molecular weight is 279 g/mol. The lowest BCUT2D eigenvalue weighted by Crippen LogP contribution is -1.96. The number of Topliss-reactive ketones (excluding diaryl/α,β-unsaturated/α-hetero) is 2. The van der Waals surface area contributed by atoms with Crippen LogP contribution in [0.4, 0.5) is 0 Å². The van der Waals surface area contributed by atoms with E-state index in [0.717, 1.165) is 32.9 Å². The summed E-state index contributed by atoms with van der Waals surface area (Å²) in [4.78, 5) is 27.1. The summed E-state index contributed by atoms with van der Waals surface area (Å²) >= 11 is 0. The molecule has 0 fully saturated rings. The summed E-state index contributed by atoms with van der Waals surface area (Å²) in [5.41, 5.74) is 3.41. The van der Waals surface area contributed by atoms with Gasteiger partial charge in [0, 0.05) is 45.8 Å². The number of rotatable bonds is 4. The second kappa shape index (κ2) is 5.17. The second-order valence-electron chi connectivity index (χ2n) is 5.20. The molecule has 0 atom stereocenters. The van der Waals surface area contributed by atoms with Crippen LogP contribution in [0.2, 0.25) is 0 Å². The van der Waals surface area contributed by atoms with Crippen molar-refractivity contribution in [1.82, 2.24) is 4.98 Å². The Morgan fingerprint density at radius 1 is 0.810 bits per heavy atom. The maximum absolute atomic E-state index is 11.9. The number of H-pyrrole nitrogens is 1. The number of hydrogen-bond acceptors (Lipinski definition) is 2. The van der Waals surface area contributed by atoms with E-state index in [1.807, 2.05) is 50.2 Å². The average Bonchev–Trinajstić information content (AvgIpc) is 2.90. The number of hydrogen-bond donors (Lipinski definition) is 1. The molecule has 3 rings (SSSR count). The van der Waals surface area contributed by atoms with Crippen LogP contribution in [0, 0.1) is 0 Å². The Morgan fingerprint density at radius 2 is 1.24 bits per heavy atom. The number of fused-ring (bicyclic) bond motifs is 3. The first-order valence-corrected chi connectivity index (χ1v) is 7.26. The largest absolute Gasteiger partial charge is 0.355 e. The van der Waals surface area contributed by atoms with Gasteiger partial charge < -0.3 is 4.98 Å². The van der Waals surface area contributed by atoms with E-state index in [9.17, 15) is 9.59 Å². The van der Waals surface area contributed by atoms with Crippen molar-refractivity contribution in [3.63, 3.8) is 0 Å². The third-order valence-corrected chi connectivity index (χ3v) is 3.88. The molecule has 0 aliphatic heterocycles. The molecule has 0 saturated heterocycles. The fourth-order valence-electron chi connectivity index (χ4n) is 2.65. The Hall–Kier alpha value is -2.42. The first-order chi connectivity index (χ1) is 10.1. The molecule has 0 amide bonds. The quantitative estimate of drug-likeness (QED) is 0.714. The van der Waals surface area contributed by atoms with E-state index in [0.29, 0.717) is 12.8 Å². The summed E-state index contributed by atoms with van der Waals surface area (Å²) in [6.07, 6.45) is 0.987. The summed E-state index contributed by atoms with van der Waals surface area (Å²) in [5.74, 6) is 0.263. The maximum Gasteiger partial charge on any atom is 0.162 e. The number of aromatic nitrogens is 1. The molecule has 21 heavy (non-hydrogen) atoms. The fourth-order valence-corrected chi connectivity index (χ4v) is 2.65.